The fraction of sp³-hybridized carbons (Fsp3) is 0.700. The molecule has 2 fully saturated rings. The minimum atomic E-state index is -0.239. The minimum absolute atomic E-state index is 0.0480. The van der Waals surface area contributed by atoms with Gasteiger partial charge in [0.15, 0.2) is 6.29 Å². The molecule has 1 heterocycles. The van der Waals surface area contributed by atoms with Crippen molar-refractivity contribution in [3.8, 4) is 0 Å². The monoisotopic (exact) mass is 318 g/mol. The molecule has 1 aromatic carbocycles. The Bertz CT molecular complexity index is 473. The molecular formula is C20H30O3. The molecular weight excluding hydrogens is 288 g/mol. The number of ether oxygens (including phenoxy) is 3. The van der Waals surface area contributed by atoms with Crippen molar-refractivity contribution in [2.24, 2.45) is 17.8 Å². The molecule has 5 unspecified atom stereocenters. The molecule has 2 aliphatic rings. The van der Waals surface area contributed by atoms with E-state index in [-0.39, 0.29) is 12.4 Å². The van der Waals surface area contributed by atoms with E-state index in [1.807, 2.05) is 30.3 Å². The standard InChI is InChI=1S/C20H30O3/c1-14(2)17-10-9-15(3)19(11-17)21-12-18-13-22-20(23-18)16-7-5-4-6-8-16/h4-8,14-15,17-20H,9-13H2,1-3H3. The first-order valence-corrected chi connectivity index (χ1v) is 9.07. The van der Waals surface area contributed by atoms with Crippen molar-refractivity contribution in [3.05, 3.63) is 35.9 Å². The van der Waals surface area contributed by atoms with E-state index < -0.39 is 0 Å². The molecule has 0 bridgehead atoms. The average molecular weight is 318 g/mol. The van der Waals surface area contributed by atoms with E-state index >= 15 is 0 Å². The molecule has 0 spiro atoms. The van der Waals surface area contributed by atoms with Gasteiger partial charge in [-0.15, -0.1) is 0 Å². The summed E-state index contributed by atoms with van der Waals surface area (Å²) in [5.74, 6) is 2.20. The van der Waals surface area contributed by atoms with Gasteiger partial charge < -0.3 is 14.2 Å². The van der Waals surface area contributed by atoms with Gasteiger partial charge >= 0.3 is 0 Å². The highest BCUT2D eigenvalue weighted by Gasteiger charge is 2.32. The maximum absolute atomic E-state index is 6.24. The van der Waals surface area contributed by atoms with Crippen molar-refractivity contribution in [3.63, 3.8) is 0 Å². The van der Waals surface area contributed by atoms with Gasteiger partial charge in [-0.25, -0.2) is 0 Å². The second kappa shape index (κ2) is 7.78. The highest BCUT2D eigenvalue weighted by molar-refractivity contribution is 5.16. The highest BCUT2D eigenvalue weighted by Crippen LogP contribution is 2.35. The Morgan fingerprint density at radius 1 is 1.17 bits per heavy atom. The second-order valence-electron chi connectivity index (χ2n) is 7.50. The Morgan fingerprint density at radius 3 is 2.70 bits per heavy atom. The van der Waals surface area contributed by atoms with Crippen LogP contribution >= 0.6 is 0 Å². The maximum atomic E-state index is 6.24. The van der Waals surface area contributed by atoms with Crippen LogP contribution in [0.15, 0.2) is 30.3 Å². The van der Waals surface area contributed by atoms with Crippen LogP contribution in [0.5, 0.6) is 0 Å². The summed E-state index contributed by atoms with van der Waals surface area (Å²) in [5.41, 5.74) is 1.08. The van der Waals surface area contributed by atoms with Crippen LogP contribution < -0.4 is 0 Å². The lowest BCUT2D eigenvalue weighted by molar-refractivity contribution is -0.0955. The molecule has 23 heavy (non-hydrogen) atoms. The largest absolute Gasteiger partial charge is 0.375 e. The second-order valence-corrected chi connectivity index (χ2v) is 7.50. The first kappa shape index (κ1) is 16.9. The van der Waals surface area contributed by atoms with Gasteiger partial charge in [0, 0.05) is 5.56 Å². The highest BCUT2D eigenvalue weighted by atomic mass is 16.7. The van der Waals surface area contributed by atoms with Gasteiger partial charge in [0.25, 0.3) is 0 Å². The van der Waals surface area contributed by atoms with Crippen LogP contribution in [0, 0.1) is 17.8 Å². The van der Waals surface area contributed by atoms with Gasteiger partial charge in [-0.2, -0.15) is 0 Å². The Kier molecular flexibility index (Phi) is 5.73. The van der Waals surface area contributed by atoms with E-state index in [0.717, 1.165) is 17.4 Å². The Labute approximate surface area is 140 Å². The first-order valence-electron chi connectivity index (χ1n) is 9.07. The summed E-state index contributed by atoms with van der Waals surface area (Å²) in [5, 5.41) is 0. The molecule has 3 nitrogen and oxygen atoms in total. The van der Waals surface area contributed by atoms with Crippen molar-refractivity contribution in [2.75, 3.05) is 13.2 Å². The number of hydrogen-bond donors (Lipinski definition) is 0. The van der Waals surface area contributed by atoms with E-state index in [1.54, 1.807) is 0 Å². The Hall–Kier alpha value is -0.900. The quantitative estimate of drug-likeness (QED) is 0.795. The minimum Gasteiger partial charge on any atom is -0.375 e. The van der Waals surface area contributed by atoms with Crippen LogP contribution in [0.1, 0.15) is 51.9 Å². The molecule has 3 rings (SSSR count). The molecule has 0 N–H and O–H groups in total. The number of rotatable bonds is 5. The van der Waals surface area contributed by atoms with E-state index in [9.17, 15) is 0 Å². The van der Waals surface area contributed by atoms with Gasteiger partial charge in [-0.05, 0) is 37.0 Å². The normalized spacial score (nSPS) is 34.9. The Morgan fingerprint density at radius 2 is 1.96 bits per heavy atom. The summed E-state index contributed by atoms with van der Waals surface area (Å²) in [6.07, 6.45) is 3.99. The lowest BCUT2D eigenvalue weighted by Gasteiger charge is -2.36. The van der Waals surface area contributed by atoms with Crippen molar-refractivity contribution in [1.82, 2.24) is 0 Å². The predicted molar refractivity (Wildman–Crippen MR) is 91.1 cm³/mol. The summed E-state index contributed by atoms with van der Waals surface area (Å²) in [7, 11) is 0. The zero-order valence-corrected chi connectivity index (χ0v) is 14.6. The van der Waals surface area contributed by atoms with Crippen molar-refractivity contribution < 1.29 is 14.2 Å². The van der Waals surface area contributed by atoms with Gasteiger partial charge in [0.2, 0.25) is 0 Å². The summed E-state index contributed by atoms with van der Waals surface area (Å²) >= 11 is 0. The topological polar surface area (TPSA) is 27.7 Å². The van der Waals surface area contributed by atoms with Crippen LogP contribution in [0.4, 0.5) is 0 Å². The maximum Gasteiger partial charge on any atom is 0.184 e. The van der Waals surface area contributed by atoms with E-state index in [1.165, 1.54) is 19.3 Å². The zero-order valence-electron chi connectivity index (χ0n) is 14.6. The van der Waals surface area contributed by atoms with Gasteiger partial charge in [0.1, 0.15) is 6.10 Å². The van der Waals surface area contributed by atoms with Crippen molar-refractivity contribution in [2.45, 2.75) is 58.5 Å². The molecule has 3 heteroatoms. The zero-order chi connectivity index (χ0) is 16.2. The van der Waals surface area contributed by atoms with Crippen molar-refractivity contribution in [1.29, 1.82) is 0 Å². The van der Waals surface area contributed by atoms with Crippen LogP contribution in [0.3, 0.4) is 0 Å². The third-order valence-electron chi connectivity index (χ3n) is 5.42. The van der Waals surface area contributed by atoms with Gasteiger partial charge in [-0.1, -0.05) is 51.1 Å². The predicted octanol–water partition coefficient (Wildman–Crippen LogP) is 4.58. The summed E-state index contributed by atoms with van der Waals surface area (Å²) < 4.78 is 18.0. The molecule has 1 saturated heterocycles. The Balaban J connectivity index is 1.47. The molecule has 128 valence electrons. The molecule has 1 saturated carbocycles. The first-order chi connectivity index (χ1) is 11.1. The molecule has 0 aromatic heterocycles. The average Bonchev–Trinajstić information content (AvgIpc) is 3.03. The molecule has 0 radical (unpaired) electrons. The van der Waals surface area contributed by atoms with E-state index in [2.05, 4.69) is 20.8 Å². The smallest absolute Gasteiger partial charge is 0.184 e. The van der Waals surface area contributed by atoms with E-state index in [4.69, 9.17) is 14.2 Å². The lowest BCUT2D eigenvalue weighted by atomic mass is 9.76. The van der Waals surface area contributed by atoms with Crippen molar-refractivity contribution >= 4 is 0 Å². The fourth-order valence-electron chi connectivity index (χ4n) is 3.70. The molecule has 1 aliphatic carbocycles. The van der Waals surface area contributed by atoms with Crippen LogP contribution in [0.2, 0.25) is 0 Å². The summed E-state index contributed by atoms with van der Waals surface area (Å²) in [6.45, 7) is 8.24. The molecule has 1 aliphatic heterocycles. The third-order valence-corrected chi connectivity index (χ3v) is 5.42. The fourth-order valence-corrected chi connectivity index (χ4v) is 3.70. The van der Waals surface area contributed by atoms with E-state index in [0.29, 0.717) is 25.2 Å². The number of benzene rings is 1. The van der Waals surface area contributed by atoms with Crippen LogP contribution in [0.25, 0.3) is 0 Å². The molecule has 0 amide bonds. The SMILES string of the molecule is CC(C)C1CCC(C)C(OCC2COC(c3ccccc3)O2)C1. The summed E-state index contributed by atoms with van der Waals surface area (Å²) in [4.78, 5) is 0. The van der Waals surface area contributed by atoms with Gasteiger partial charge in [-0.3, -0.25) is 0 Å². The lowest BCUT2D eigenvalue weighted by Crippen LogP contribution is -2.34. The molecule has 1 aromatic rings. The third kappa shape index (κ3) is 4.34. The summed E-state index contributed by atoms with van der Waals surface area (Å²) in [6, 6.07) is 10.1. The van der Waals surface area contributed by atoms with Crippen LogP contribution in [-0.2, 0) is 14.2 Å². The van der Waals surface area contributed by atoms with Gasteiger partial charge in [0.05, 0.1) is 19.3 Å². The van der Waals surface area contributed by atoms with Crippen LogP contribution in [-0.4, -0.2) is 25.4 Å². The molecule has 5 atom stereocenters. The number of hydrogen-bond acceptors (Lipinski definition) is 3.